The third kappa shape index (κ3) is 14.1. The Kier molecular flexibility index (Phi) is 16.6. The van der Waals surface area contributed by atoms with Crippen LogP contribution in [-0.4, -0.2) is 40.6 Å². The van der Waals surface area contributed by atoms with E-state index in [2.05, 4.69) is 137 Å². The molecule has 6 heteroatoms. The number of ether oxygens (including phenoxy) is 2. The van der Waals surface area contributed by atoms with Gasteiger partial charge < -0.3 is 9.47 Å². The second-order valence-electron chi connectivity index (χ2n) is 15.0. The van der Waals surface area contributed by atoms with Gasteiger partial charge in [-0.25, -0.2) is 9.59 Å². The molecule has 0 radical (unpaired) electrons. The molecule has 4 aromatic carbocycles. The van der Waals surface area contributed by atoms with Crippen LogP contribution in [-0.2, 0) is 45.2 Å². The highest BCUT2D eigenvalue weighted by Gasteiger charge is 2.24. The van der Waals surface area contributed by atoms with Gasteiger partial charge in [0.05, 0.1) is 0 Å². The van der Waals surface area contributed by atoms with Crippen LogP contribution < -0.4 is 0 Å². The fourth-order valence-corrected chi connectivity index (χ4v) is 7.25. The normalized spacial score (nSPS) is 12.8. The number of rotatable bonds is 20. The van der Waals surface area contributed by atoms with Crippen LogP contribution in [0.25, 0.3) is 12.2 Å². The van der Waals surface area contributed by atoms with Gasteiger partial charge in [0.2, 0.25) is 6.79 Å². The standard InChI is InChI=1S/C49H58N2O4/c1-36(2)48(37(3)4)50(31-42-15-11-9-12-16-42)33-44-23-19-40(20-24-44)27-29-46(52)54-35-55-47(53)30-28-41-21-25-45(26-22-41)34-51(49(38(5)6)39(7)8)32-43-17-13-10-14-18-43/h9-30,37,39,48-49H,1,5,31-35H2,2-4,6-8H3/b29-27+,30-28+/t48-,49-/m1/s1. The number of benzene rings is 4. The lowest BCUT2D eigenvalue weighted by Crippen LogP contribution is -2.38. The van der Waals surface area contributed by atoms with E-state index in [9.17, 15) is 9.59 Å². The predicted octanol–water partition coefficient (Wildman–Crippen LogP) is 10.7. The average Bonchev–Trinajstić information content (AvgIpc) is 3.14. The molecule has 0 aliphatic heterocycles. The molecule has 6 nitrogen and oxygen atoms in total. The molecule has 0 aromatic heterocycles. The number of hydrogen-bond donors (Lipinski definition) is 0. The van der Waals surface area contributed by atoms with E-state index < -0.39 is 18.7 Å². The fourth-order valence-electron chi connectivity index (χ4n) is 7.25. The van der Waals surface area contributed by atoms with Crippen LogP contribution in [0.15, 0.2) is 146 Å². The second kappa shape index (κ2) is 21.6. The highest BCUT2D eigenvalue weighted by atomic mass is 16.7. The Balaban J connectivity index is 1.25. The van der Waals surface area contributed by atoms with Crippen molar-refractivity contribution in [2.45, 2.75) is 79.8 Å². The molecule has 0 heterocycles. The van der Waals surface area contributed by atoms with E-state index in [0.29, 0.717) is 11.8 Å². The van der Waals surface area contributed by atoms with Crippen LogP contribution in [0.5, 0.6) is 0 Å². The zero-order valence-corrected chi connectivity index (χ0v) is 33.5. The Bertz CT molecular complexity index is 1740. The van der Waals surface area contributed by atoms with Crippen LogP contribution in [0, 0.1) is 11.8 Å². The Morgan fingerprint density at radius 3 is 1.13 bits per heavy atom. The summed E-state index contributed by atoms with van der Waals surface area (Å²) in [7, 11) is 0. The minimum Gasteiger partial charge on any atom is -0.425 e. The van der Waals surface area contributed by atoms with Gasteiger partial charge >= 0.3 is 11.9 Å². The summed E-state index contributed by atoms with van der Waals surface area (Å²) in [5.41, 5.74) is 8.87. The Morgan fingerprint density at radius 2 is 0.836 bits per heavy atom. The molecule has 4 aromatic rings. The van der Waals surface area contributed by atoms with Gasteiger partial charge in [-0.15, -0.1) is 0 Å². The van der Waals surface area contributed by atoms with Gasteiger partial charge in [-0.3, -0.25) is 9.80 Å². The van der Waals surface area contributed by atoms with E-state index in [4.69, 9.17) is 9.47 Å². The van der Waals surface area contributed by atoms with Crippen LogP contribution in [0.3, 0.4) is 0 Å². The van der Waals surface area contributed by atoms with Crippen molar-refractivity contribution < 1.29 is 19.1 Å². The van der Waals surface area contributed by atoms with Crippen molar-refractivity contribution in [3.63, 3.8) is 0 Å². The molecule has 0 fully saturated rings. The summed E-state index contributed by atoms with van der Waals surface area (Å²) in [6, 6.07) is 37.7. The van der Waals surface area contributed by atoms with Crippen LogP contribution >= 0.6 is 0 Å². The lowest BCUT2D eigenvalue weighted by atomic mass is 9.95. The molecule has 288 valence electrons. The molecule has 55 heavy (non-hydrogen) atoms. The van der Waals surface area contributed by atoms with E-state index in [0.717, 1.165) is 48.5 Å². The molecule has 2 atom stereocenters. The predicted molar refractivity (Wildman–Crippen MR) is 226 cm³/mol. The number of nitrogens with zero attached hydrogens (tertiary/aromatic N) is 2. The summed E-state index contributed by atoms with van der Waals surface area (Å²) >= 11 is 0. The van der Waals surface area contributed by atoms with Crippen LogP contribution in [0.2, 0.25) is 0 Å². The minimum atomic E-state index is -0.598. The molecule has 0 saturated heterocycles. The minimum absolute atomic E-state index is 0.239. The maximum atomic E-state index is 12.4. The van der Waals surface area contributed by atoms with Gasteiger partial charge in [0, 0.05) is 50.4 Å². The van der Waals surface area contributed by atoms with E-state index in [1.54, 1.807) is 12.2 Å². The van der Waals surface area contributed by atoms with Gasteiger partial charge in [0.25, 0.3) is 0 Å². The van der Waals surface area contributed by atoms with Gasteiger partial charge in [-0.05, 0) is 71.2 Å². The molecular weight excluding hydrogens is 681 g/mol. The van der Waals surface area contributed by atoms with Crippen molar-refractivity contribution in [2.24, 2.45) is 11.8 Å². The molecule has 0 bridgehead atoms. The van der Waals surface area contributed by atoms with E-state index in [1.165, 1.54) is 34.4 Å². The van der Waals surface area contributed by atoms with Crippen LogP contribution in [0.4, 0.5) is 0 Å². The average molecular weight is 739 g/mol. The lowest BCUT2D eigenvalue weighted by molar-refractivity contribution is -0.160. The summed E-state index contributed by atoms with van der Waals surface area (Å²) in [5.74, 6) is -0.362. The zero-order chi connectivity index (χ0) is 39.7. The molecule has 0 unspecified atom stereocenters. The van der Waals surface area contributed by atoms with Gasteiger partial charge in [0.15, 0.2) is 0 Å². The molecule has 0 aliphatic rings. The first-order valence-electron chi connectivity index (χ1n) is 19.1. The second-order valence-corrected chi connectivity index (χ2v) is 15.0. The number of carbonyl (C=O) groups excluding carboxylic acids is 2. The molecule has 0 spiro atoms. The first-order valence-corrected chi connectivity index (χ1v) is 19.1. The molecule has 0 amide bonds. The maximum Gasteiger partial charge on any atom is 0.333 e. The number of hydrogen-bond acceptors (Lipinski definition) is 6. The third-order valence-corrected chi connectivity index (χ3v) is 9.47. The quantitative estimate of drug-likeness (QED) is 0.0389. The zero-order valence-electron chi connectivity index (χ0n) is 33.5. The van der Waals surface area contributed by atoms with Crippen molar-refractivity contribution in [1.82, 2.24) is 9.80 Å². The third-order valence-electron chi connectivity index (χ3n) is 9.47. The van der Waals surface area contributed by atoms with E-state index >= 15 is 0 Å². The molecule has 0 N–H and O–H groups in total. The highest BCUT2D eigenvalue weighted by Crippen LogP contribution is 2.25. The summed E-state index contributed by atoms with van der Waals surface area (Å²) in [6.07, 6.45) is 6.04. The summed E-state index contributed by atoms with van der Waals surface area (Å²) < 4.78 is 10.2. The molecular formula is C49H58N2O4. The maximum absolute atomic E-state index is 12.4. The van der Waals surface area contributed by atoms with Gasteiger partial charge in [-0.1, -0.05) is 161 Å². The van der Waals surface area contributed by atoms with E-state index in [-0.39, 0.29) is 12.1 Å². The molecule has 0 saturated carbocycles. The highest BCUT2D eigenvalue weighted by molar-refractivity contribution is 5.88. The van der Waals surface area contributed by atoms with Gasteiger partial charge in [-0.2, -0.15) is 0 Å². The lowest BCUT2D eigenvalue weighted by Gasteiger charge is -2.35. The fraction of sp³-hybridized carbons (Fsp3) is 0.306. The van der Waals surface area contributed by atoms with Crippen molar-refractivity contribution in [3.8, 4) is 0 Å². The summed E-state index contributed by atoms with van der Waals surface area (Å²) in [4.78, 5) is 29.6. The monoisotopic (exact) mass is 738 g/mol. The van der Waals surface area contributed by atoms with Crippen molar-refractivity contribution in [1.29, 1.82) is 0 Å². The molecule has 0 aliphatic carbocycles. The Hall–Kier alpha value is -5.30. The van der Waals surface area contributed by atoms with Crippen LogP contribution in [0.1, 0.15) is 74.9 Å². The van der Waals surface area contributed by atoms with E-state index in [1.807, 2.05) is 36.4 Å². The van der Waals surface area contributed by atoms with Crippen molar-refractivity contribution in [2.75, 3.05) is 6.79 Å². The topological polar surface area (TPSA) is 59.1 Å². The SMILES string of the molecule is C=C(C)[C@H](C(C)C)N(Cc1ccccc1)Cc1ccc(/C=C/C(=O)OCOC(=O)/C=C/c2ccc(CN(Cc3ccccc3)[C@H](C(=C)C)C(C)C)cc2)cc1. The Morgan fingerprint density at radius 1 is 0.527 bits per heavy atom. The first-order chi connectivity index (χ1) is 26.4. The number of carbonyl (C=O) groups is 2. The summed E-state index contributed by atoms with van der Waals surface area (Å²) in [6.45, 7) is 24.4. The van der Waals surface area contributed by atoms with Gasteiger partial charge in [0.1, 0.15) is 0 Å². The largest absolute Gasteiger partial charge is 0.425 e. The molecule has 4 rings (SSSR count). The van der Waals surface area contributed by atoms with Crippen molar-refractivity contribution in [3.05, 3.63) is 179 Å². The number of esters is 2. The Labute approximate surface area is 329 Å². The van der Waals surface area contributed by atoms with Crippen molar-refractivity contribution >= 4 is 24.1 Å². The summed E-state index contributed by atoms with van der Waals surface area (Å²) in [5, 5.41) is 0. The first kappa shape index (κ1) is 42.4. The smallest absolute Gasteiger partial charge is 0.333 e.